The van der Waals surface area contributed by atoms with Gasteiger partial charge in [0.15, 0.2) is 0 Å². The van der Waals surface area contributed by atoms with Crippen LogP contribution in [0.25, 0.3) is 0 Å². The molecular weight excluding hydrogens is 337 g/mol. The van der Waals surface area contributed by atoms with E-state index in [2.05, 4.69) is 15.4 Å². The maximum atomic E-state index is 12.2. The molecule has 2 aromatic carbocycles. The standard InChI is InChI=1S/C17H15F3N2O3/c1-11(23)21-13-7-5-12(6-8-13)9-16(24)22-14-3-2-4-15(10-14)25-17(18,19)20/h2-8,10H,9H2,1H3,(H,21,23)(H,22,24). The largest absolute Gasteiger partial charge is 0.573 e. The highest BCUT2D eigenvalue weighted by Gasteiger charge is 2.31. The Labute approximate surface area is 141 Å². The van der Waals surface area contributed by atoms with E-state index < -0.39 is 18.0 Å². The van der Waals surface area contributed by atoms with Gasteiger partial charge in [0.1, 0.15) is 5.75 Å². The van der Waals surface area contributed by atoms with Crippen molar-refractivity contribution >= 4 is 23.2 Å². The molecule has 0 aliphatic rings. The summed E-state index contributed by atoms with van der Waals surface area (Å²) < 4.78 is 40.4. The fourth-order valence-corrected chi connectivity index (χ4v) is 2.07. The molecule has 0 unspecified atom stereocenters. The molecule has 2 aromatic rings. The minimum Gasteiger partial charge on any atom is -0.406 e. The molecule has 0 spiro atoms. The molecule has 0 bridgehead atoms. The molecule has 0 saturated heterocycles. The molecule has 0 aromatic heterocycles. The molecule has 25 heavy (non-hydrogen) atoms. The number of anilines is 2. The molecule has 0 atom stereocenters. The molecule has 0 aliphatic carbocycles. The van der Waals surface area contributed by atoms with Crippen molar-refractivity contribution in [2.45, 2.75) is 19.7 Å². The Morgan fingerprint density at radius 2 is 1.68 bits per heavy atom. The lowest BCUT2D eigenvalue weighted by atomic mass is 10.1. The lowest BCUT2D eigenvalue weighted by molar-refractivity contribution is -0.274. The Hall–Kier alpha value is -3.03. The van der Waals surface area contributed by atoms with E-state index in [9.17, 15) is 22.8 Å². The normalized spacial score (nSPS) is 10.9. The van der Waals surface area contributed by atoms with Gasteiger partial charge in [0.05, 0.1) is 6.42 Å². The maximum Gasteiger partial charge on any atom is 0.573 e. The molecule has 0 saturated carbocycles. The third kappa shape index (κ3) is 6.54. The molecule has 0 heterocycles. The van der Waals surface area contributed by atoms with Gasteiger partial charge in [0.2, 0.25) is 11.8 Å². The number of halogens is 3. The van der Waals surface area contributed by atoms with Gasteiger partial charge in [-0.2, -0.15) is 0 Å². The molecule has 0 radical (unpaired) electrons. The highest BCUT2D eigenvalue weighted by molar-refractivity contribution is 5.92. The van der Waals surface area contributed by atoms with Gasteiger partial charge in [0, 0.05) is 24.4 Å². The van der Waals surface area contributed by atoms with E-state index in [1.807, 2.05) is 0 Å². The Morgan fingerprint density at radius 1 is 1.00 bits per heavy atom. The summed E-state index contributed by atoms with van der Waals surface area (Å²) in [4.78, 5) is 22.9. The van der Waals surface area contributed by atoms with Crippen LogP contribution in [0.3, 0.4) is 0 Å². The Bertz CT molecular complexity index is 758. The van der Waals surface area contributed by atoms with Crippen LogP contribution < -0.4 is 15.4 Å². The summed E-state index contributed by atoms with van der Waals surface area (Å²) in [6.45, 7) is 1.39. The summed E-state index contributed by atoms with van der Waals surface area (Å²) in [5.74, 6) is -1.01. The van der Waals surface area contributed by atoms with Crippen LogP contribution in [-0.4, -0.2) is 18.2 Å². The van der Waals surface area contributed by atoms with E-state index in [0.717, 1.165) is 12.1 Å². The van der Waals surface area contributed by atoms with Crippen LogP contribution >= 0.6 is 0 Å². The molecule has 132 valence electrons. The second-order valence-electron chi connectivity index (χ2n) is 5.18. The van der Waals surface area contributed by atoms with Crippen molar-refractivity contribution in [3.05, 3.63) is 54.1 Å². The van der Waals surface area contributed by atoms with Gasteiger partial charge in [0.25, 0.3) is 0 Å². The first-order valence-corrected chi connectivity index (χ1v) is 7.23. The highest BCUT2D eigenvalue weighted by Crippen LogP contribution is 2.25. The molecule has 2 amide bonds. The fraction of sp³-hybridized carbons (Fsp3) is 0.176. The smallest absolute Gasteiger partial charge is 0.406 e. The molecule has 8 heteroatoms. The van der Waals surface area contributed by atoms with Crippen LogP contribution in [0.5, 0.6) is 5.75 Å². The van der Waals surface area contributed by atoms with Crippen LogP contribution in [-0.2, 0) is 16.0 Å². The third-order valence-electron chi connectivity index (χ3n) is 2.99. The minimum absolute atomic E-state index is 0.0324. The van der Waals surface area contributed by atoms with Gasteiger partial charge >= 0.3 is 6.36 Å². The molecule has 0 aliphatic heterocycles. The topological polar surface area (TPSA) is 67.4 Å². The number of alkyl halides is 3. The van der Waals surface area contributed by atoms with E-state index in [1.54, 1.807) is 24.3 Å². The van der Waals surface area contributed by atoms with Crippen LogP contribution in [0.4, 0.5) is 24.5 Å². The van der Waals surface area contributed by atoms with Crippen molar-refractivity contribution in [3.63, 3.8) is 0 Å². The number of hydrogen-bond donors (Lipinski definition) is 2. The van der Waals surface area contributed by atoms with Crippen molar-refractivity contribution in [3.8, 4) is 5.75 Å². The zero-order valence-corrected chi connectivity index (χ0v) is 13.2. The van der Waals surface area contributed by atoms with Crippen molar-refractivity contribution in [1.82, 2.24) is 0 Å². The predicted molar refractivity (Wildman–Crippen MR) is 86.2 cm³/mol. The predicted octanol–water partition coefficient (Wildman–Crippen LogP) is 3.72. The van der Waals surface area contributed by atoms with Crippen LogP contribution in [0.2, 0.25) is 0 Å². The Morgan fingerprint density at radius 3 is 2.28 bits per heavy atom. The first kappa shape index (κ1) is 18.3. The van der Waals surface area contributed by atoms with Crippen molar-refractivity contribution in [1.29, 1.82) is 0 Å². The second-order valence-corrected chi connectivity index (χ2v) is 5.18. The number of benzene rings is 2. The van der Waals surface area contributed by atoms with Gasteiger partial charge in [-0.1, -0.05) is 18.2 Å². The van der Waals surface area contributed by atoms with Gasteiger partial charge in [-0.3, -0.25) is 9.59 Å². The number of carbonyl (C=O) groups excluding carboxylic acids is 2. The molecule has 2 rings (SSSR count). The van der Waals surface area contributed by atoms with Gasteiger partial charge in [-0.25, -0.2) is 0 Å². The molecule has 5 nitrogen and oxygen atoms in total. The third-order valence-corrected chi connectivity index (χ3v) is 2.99. The number of rotatable bonds is 5. The summed E-state index contributed by atoms with van der Waals surface area (Å²) >= 11 is 0. The average molecular weight is 352 g/mol. The van der Waals surface area contributed by atoms with Crippen LogP contribution in [0.1, 0.15) is 12.5 Å². The first-order valence-electron chi connectivity index (χ1n) is 7.23. The Kier molecular flexibility index (Phi) is 5.63. The van der Waals surface area contributed by atoms with Gasteiger partial charge < -0.3 is 15.4 Å². The number of nitrogens with one attached hydrogen (secondary N) is 2. The SMILES string of the molecule is CC(=O)Nc1ccc(CC(=O)Nc2cccc(OC(F)(F)F)c2)cc1. The van der Waals surface area contributed by atoms with Crippen LogP contribution in [0.15, 0.2) is 48.5 Å². The zero-order chi connectivity index (χ0) is 18.4. The lowest BCUT2D eigenvalue weighted by Crippen LogP contribution is -2.18. The molecule has 0 fully saturated rings. The summed E-state index contributed by atoms with van der Waals surface area (Å²) in [6.07, 6.45) is -4.76. The van der Waals surface area contributed by atoms with Crippen molar-refractivity contribution < 1.29 is 27.5 Å². The van der Waals surface area contributed by atoms with E-state index in [1.165, 1.54) is 19.1 Å². The van der Waals surface area contributed by atoms with E-state index in [4.69, 9.17) is 0 Å². The molecule has 2 N–H and O–H groups in total. The second kappa shape index (κ2) is 7.69. The summed E-state index contributed by atoms with van der Waals surface area (Å²) in [5, 5.41) is 5.11. The van der Waals surface area contributed by atoms with Gasteiger partial charge in [-0.05, 0) is 29.8 Å². The Balaban J connectivity index is 1.96. The van der Waals surface area contributed by atoms with E-state index in [0.29, 0.717) is 11.3 Å². The summed E-state index contributed by atoms with van der Waals surface area (Å²) in [7, 11) is 0. The lowest BCUT2D eigenvalue weighted by Gasteiger charge is -2.11. The quantitative estimate of drug-likeness (QED) is 0.862. The number of ether oxygens (including phenoxy) is 1. The molecular formula is C17H15F3N2O3. The first-order chi connectivity index (χ1) is 11.7. The number of amides is 2. The number of carbonyl (C=O) groups is 2. The minimum atomic E-state index is -4.79. The number of hydrogen-bond acceptors (Lipinski definition) is 3. The van der Waals surface area contributed by atoms with Crippen LogP contribution in [0, 0.1) is 0 Å². The van der Waals surface area contributed by atoms with E-state index >= 15 is 0 Å². The van der Waals surface area contributed by atoms with Gasteiger partial charge in [-0.15, -0.1) is 13.2 Å². The maximum absolute atomic E-state index is 12.2. The van der Waals surface area contributed by atoms with Crippen molar-refractivity contribution in [2.75, 3.05) is 10.6 Å². The summed E-state index contributed by atoms with van der Waals surface area (Å²) in [6, 6.07) is 11.7. The highest BCUT2D eigenvalue weighted by atomic mass is 19.4. The zero-order valence-electron chi connectivity index (χ0n) is 13.2. The summed E-state index contributed by atoms with van der Waals surface area (Å²) in [5.41, 5.74) is 1.49. The van der Waals surface area contributed by atoms with E-state index in [-0.39, 0.29) is 18.0 Å². The van der Waals surface area contributed by atoms with Crippen molar-refractivity contribution in [2.24, 2.45) is 0 Å². The average Bonchev–Trinajstić information content (AvgIpc) is 2.47. The monoisotopic (exact) mass is 352 g/mol. The fourth-order valence-electron chi connectivity index (χ4n) is 2.07.